The summed E-state index contributed by atoms with van der Waals surface area (Å²) in [6, 6.07) is 7.59. The molecule has 1 amide bonds. The van der Waals surface area contributed by atoms with Crippen LogP contribution in [0.2, 0.25) is 0 Å². The van der Waals surface area contributed by atoms with E-state index in [0.717, 1.165) is 10.4 Å². The summed E-state index contributed by atoms with van der Waals surface area (Å²) >= 11 is 1.60. The van der Waals surface area contributed by atoms with Gasteiger partial charge in [0, 0.05) is 4.88 Å². The molecule has 2 rings (SSSR count). The Balaban J connectivity index is 1.97. The first-order chi connectivity index (χ1) is 10.6. The van der Waals surface area contributed by atoms with Crippen molar-refractivity contribution < 1.29 is 19.0 Å². The lowest BCUT2D eigenvalue weighted by atomic mass is 10.2. The summed E-state index contributed by atoms with van der Waals surface area (Å²) in [6.07, 6.45) is 0. The maximum atomic E-state index is 11.9. The third-order valence-corrected chi connectivity index (χ3v) is 3.87. The number of rotatable bonds is 7. The first kappa shape index (κ1) is 16.2. The Morgan fingerprint density at radius 3 is 2.45 bits per heavy atom. The van der Waals surface area contributed by atoms with Crippen LogP contribution in [-0.2, 0) is 11.3 Å². The van der Waals surface area contributed by atoms with Crippen molar-refractivity contribution in [3.8, 4) is 17.2 Å². The molecule has 0 saturated carbocycles. The largest absolute Gasteiger partial charge is 0.493 e. The number of ether oxygens (including phenoxy) is 3. The van der Waals surface area contributed by atoms with Crippen LogP contribution in [0, 0.1) is 6.92 Å². The van der Waals surface area contributed by atoms with Crippen LogP contribution in [0.15, 0.2) is 29.6 Å². The summed E-state index contributed by atoms with van der Waals surface area (Å²) < 4.78 is 16.1. The van der Waals surface area contributed by atoms with Gasteiger partial charge in [-0.15, -0.1) is 11.3 Å². The molecule has 0 unspecified atom stereocenters. The highest BCUT2D eigenvalue weighted by Crippen LogP contribution is 2.38. The lowest BCUT2D eigenvalue weighted by Gasteiger charge is -2.15. The van der Waals surface area contributed by atoms with E-state index < -0.39 is 0 Å². The van der Waals surface area contributed by atoms with Gasteiger partial charge in [0.05, 0.1) is 20.8 Å². The molecular formula is C16H19NO4S. The van der Waals surface area contributed by atoms with Crippen LogP contribution < -0.4 is 19.5 Å². The molecule has 118 valence electrons. The van der Waals surface area contributed by atoms with Crippen LogP contribution in [0.5, 0.6) is 17.2 Å². The number of hydrogen-bond donors (Lipinski definition) is 1. The minimum Gasteiger partial charge on any atom is -0.493 e. The molecule has 1 aromatic heterocycles. The second-order valence-electron chi connectivity index (χ2n) is 4.64. The van der Waals surface area contributed by atoms with E-state index in [9.17, 15) is 4.79 Å². The average molecular weight is 321 g/mol. The molecule has 0 aliphatic heterocycles. The predicted octanol–water partition coefficient (Wildman–Crippen LogP) is 2.77. The van der Waals surface area contributed by atoms with Gasteiger partial charge in [-0.1, -0.05) is 6.07 Å². The third-order valence-electron chi connectivity index (χ3n) is 2.99. The SMILES string of the molecule is COc1cc(C)cc(OC)c1OCC(=O)NCc1cccs1. The van der Waals surface area contributed by atoms with Gasteiger partial charge in [0.25, 0.3) is 5.91 Å². The number of carbonyl (C=O) groups excluding carboxylic acids is 1. The monoisotopic (exact) mass is 321 g/mol. The van der Waals surface area contributed by atoms with Crippen molar-refractivity contribution in [2.45, 2.75) is 13.5 Å². The lowest BCUT2D eigenvalue weighted by molar-refractivity contribution is -0.123. The maximum Gasteiger partial charge on any atom is 0.258 e. The standard InChI is InChI=1S/C16H19NO4S/c1-11-7-13(19-2)16(14(8-11)20-3)21-10-15(18)17-9-12-5-4-6-22-12/h4-8H,9-10H2,1-3H3,(H,17,18). The molecule has 0 aliphatic rings. The van der Waals surface area contributed by atoms with Gasteiger partial charge in [-0.3, -0.25) is 4.79 Å². The van der Waals surface area contributed by atoms with Crippen molar-refractivity contribution in [1.82, 2.24) is 5.32 Å². The average Bonchev–Trinajstić information content (AvgIpc) is 3.04. The Morgan fingerprint density at radius 2 is 1.91 bits per heavy atom. The fraction of sp³-hybridized carbons (Fsp3) is 0.312. The van der Waals surface area contributed by atoms with Crippen molar-refractivity contribution in [2.24, 2.45) is 0 Å². The van der Waals surface area contributed by atoms with Crippen LogP contribution in [-0.4, -0.2) is 26.7 Å². The number of carbonyl (C=O) groups is 1. The van der Waals surface area contributed by atoms with Gasteiger partial charge in [0.15, 0.2) is 18.1 Å². The summed E-state index contributed by atoms with van der Waals surface area (Å²) in [5.41, 5.74) is 0.989. The fourth-order valence-electron chi connectivity index (χ4n) is 1.94. The van der Waals surface area contributed by atoms with Crippen molar-refractivity contribution >= 4 is 17.2 Å². The second-order valence-corrected chi connectivity index (χ2v) is 5.68. The Morgan fingerprint density at radius 1 is 1.23 bits per heavy atom. The fourth-order valence-corrected chi connectivity index (χ4v) is 2.59. The quantitative estimate of drug-likeness (QED) is 0.852. The second kappa shape index (κ2) is 7.70. The van der Waals surface area contributed by atoms with Crippen LogP contribution in [0.25, 0.3) is 0 Å². The molecule has 5 nitrogen and oxygen atoms in total. The van der Waals surface area contributed by atoms with Gasteiger partial charge in [0.1, 0.15) is 0 Å². The number of nitrogens with one attached hydrogen (secondary N) is 1. The Bertz CT molecular complexity index is 600. The van der Waals surface area contributed by atoms with Crippen molar-refractivity contribution in [3.63, 3.8) is 0 Å². The van der Waals surface area contributed by atoms with E-state index in [0.29, 0.717) is 23.8 Å². The molecule has 0 bridgehead atoms. The van der Waals surface area contributed by atoms with Gasteiger partial charge >= 0.3 is 0 Å². The van der Waals surface area contributed by atoms with E-state index in [-0.39, 0.29) is 12.5 Å². The summed E-state index contributed by atoms with van der Waals surface area (Å²) in [6.45, 7) is 2.34. The smallest absolute Gasteiger partial charge is 0.258 e. The highest BCUT2D eigenvalue weighted by molar-refractivity contribution is 7.09. The molecular weight excluding hydrogens is 302 g/mol. The Kier molecular flexibility index (Phi) is 5.66. The molecule has 0 radical (unpaired) electrons. The van der Waals surface area contributed by atoms with E-state index in [1.54, 1.807) is 25.6 Å². The minimum atomic E-state index is -0.196. The van der Waals surface area contributed by atoms with Crippen LogP contribution in [0.1, 0.15) is 10.4 Å². The molecule has 22 heavy (non-hydrogen) atoms. The van der Waals surface area contributed by atoms with Gasteiger partial charge in [-0.25, -0.2) is 0 Å². The summed E-state index contributed by atoms with van der Waals surface area (Å²) in [5.74, 6) is 1.32. The van der Waals surface area contributed by atoms with Crippen molar-refractivity contribution in [1.29, 1.82) is 0 Å². The summed E-state index contributed by atoms with van der Waals surface area (Å²) in [5, 5.41) is 4.78. The molecule has 2 aromatic rings. The van der Waals surface area contributed by atoms with E-state index in [4.69, 9.17) is 14.2 Å². The van der Waals surface area contributed by atoms with E-state index in [1.165, 1.54) is 0 Å². The van der Waals surface area contributed by atoms with Crippen LogP contribution >= 0.6 is 11.3 Å². The number of thiophene rings is 1. The minimum absolute atomic E-state index is 0.0961. The Hall–Kier alpha value is -2.21. The zero-order valence-corrected chi connectivity index (χ0v) is 13.7. The number of amides is 1. The van der Waals surface area contributed by atoms with Gasteiger partial charge in [-0.2, -0.15) is 0 Å². The molecule has 1 aromatic carbocycles. The number of methoxy groups -OCH3 is 2. The topological polar surface area (TPSA) is 56.8 Å². The normalized spacial score (nSPS) is 10.1. The van der Waals surface area contributed by atoms with Gasteiger partial charge < -0.3 is 19.5 Å². The zero-order chi connectivity index (χ0) is 15.9. The molecule has 0 fully saturated rings. The van der Waals surface area contributed by atoms with E-state index in [1.807, 2.05) is 36.6 Å². The summed E-state index contributed by atoms with van der Waals surface area (Å²) in [4.78, 5) is 13.0. The first-order valence-electron chi connectivity index (χ1n) is 6.78. The van der Waals surface area contributed by atoms with Crippen molar-refractivity contribution in [2.75, 3.05) is 20.8 Å². The van der Waals surface area contributed by atoms with E-state index >= 15 is 0 Å². The van der Waals surface area contributed by atoms with Gasteiger partial charge in [-0.05, 0) is 36.1 Å². The molecule has 0 saturated heterocycles. The molecule has 0 spiro atoms. The van der Waals surface area contributed by atoms with Crippen LogP contribution in [0.3, 0.4) is 0 Å². The van der Waals surface area contributed by atoms with Gasteiger partial charge in [0.2, 0.25) is 5.75 Å². The number of hydrogen-bond acceptors (Lipinski definition) is 5. The molecule has 6 heteroatoms. The Labute approximate surface area is 133 Å². The van der Waals surface area contributed by atoms with Crippen LogP contribution in [0.4, 0.5) is 0 Å². The highest BCUT2D eigenvalue weighted by Gasteiger charge is 2.14. The molecule has 0 atom stereocenters. The van der Waals surface area contributed by atoms with Crippen molar-refractivity contribution in [3.05, 3.63) is 40.1 Å². The third kappa shape index (κ3) is 4.14. The molecule has 1 N–H and O–H groups in total. The number of benzene rings is 1. The maximum absolute atomic E-state index is 11.9. The lowest BCUT2D eigenvalue weighted by Crippen LogP contribution is -2.28. The number of aryl methyl sites for hydroxylation is 1. The summed E-state index contributed by atoms with van der Waals surface area (Å²) in [7, 11) is 3.11. The zero-order valence-electron chi connectivity index (χ0n) is 12.8. The van der Waals surface area contributed by atoms with E-state index in [2.05, 4.69) is 5.32 Å². The first-order valence-corrected chi connectivity index (χ1v) is 7.66. The molecule has 1 heterocycles. The predicted molar refractivity (Wildman–Crippen MR) is 85.9 cm³/mol. The molecule has 0 aliphatic carbocycles. The highest BCUT2D eigenvalue weighted by atomic mass is 32.1.